The van der Waals surface area contributed by atoms with Crippen LogP contribution in [0.25, 0.3) is 16.2 Å². The Balaban J connectivity index is 1.31. The highest BCUT2D eigenvalue weighted by Gasteiger charge is 2.19. The van der Waals surface area contributed by atoms with Gasteiger partial charge in [-0.3, -0.25) is 9.30 Å². The van der Waals surface area contributed by atoms with E-state index in [0.717, 1.165) is 71.6 Å². The van der Waals surface area contributed by atoms with E-state index in [1.54, 1.807) is 23.5 Å². The van der Waals surface area contributed by atoms with Crippen LogP contribution in [0.5, 0.6) is 0 Å². The number of fused-ring (bicyclic) bond motifs is 1. The Hall–Kier alpha value is -3.27. The number of aromatic nitrogens is 2. The molecule has 2 aromatic carbocycles. The van der Waals surface area contributed by atoms with Gasteiger partial charge in [-0.05, 0) is 49.2 Å². The van der Waals surface area contributed by atoms with Gasteiger partial charge in [0.25, 0.3) is 0 Å². The Bertz CT molecular complexity index is 1340. The van der Waals surface area contributed by atoms with Crippen LogP contribution in [0.4, 0.5) is 14.9 Å². The number of amides is 2. The number of morpholine rings is 1. The van der Waals surface area contributed by atoms with Crippen molar-refractivity contribution in [3.8, 4) is 11.3 Å². The van der Waals surface area contributed by atoms with Gasteiger partial charge in [0.15, 0.2) is 4.96 Å². The SMILES string of the molecule is Cc1cccc(C)c1NC(=O)N(CCc1csc2nc(-c3ccc(F)cc3)cn12)CCN1CCOCC1. The van der Waals surface area contributed by atoms with Crippen molar-refractivity contribution in [3.63, 3.8) is 0 Å². The topological polar surface area (TPSA) is 62.1 Å². The summed E-state index contributed by atoms with van der Waals surface area (Å²) in [6, 6.07) is 12.3. The van der Waals surface area contributed by atoms with Gasteiger partial charge in [0.1, 0.15) is 5.82 Å². The molecule has 0 atom stereocenters. The van der Waals surface area contributed by atoms with Crippen molar-refractivity contribution in [2.45, 2.75) is 20.3 Å². The van der Waals surface area contributed by atoms with Crippen LogP contribution < -0.4 is 5.32 Å². The smallest absolute Gasteiger partial charge is 0.321 e. The highest BCUT2D eigenvalue weighted by atomic mass is 32.1. The fourth-order valence-electron chi connectivity index (χ4n) is 4.62. The lowest BCUT2D eigenvalue weighted by molar-refractivity contribution is 0.0352. The zero-order valence-electron chi connectivity index (χ0n) is 21.2. The third-order valence-corrected chi connectivity index (χ3v) is 7.74. The zero-order chi connectivity index (χ0) is 25.8. The number of rotatable bonds is 8. The molecule has 2 amide bonds. The maximum atomic E-state index is 13.5. The maximum absolute atomic E-state index is 13.5. The van der Waals surface area contributed by atoms with Gasteiger partial charge in [0, 0.05) is 67.7 Å². The molecule has 3 heterocycles. The lowest BCUT2D eigenvalue weighted by Gasteiger charge is -2.30. The van der Waals surface area contributed by atoms with Crippen LogP contribution in [-0.4, -0.2) is 71.2 Å². The van der Waals surface area contributed by atoms with Gasteiger partial charge in [0.05, 0.1) is 18.9 Å². The van der Waals surface area contributed by atoms with Gasteiger partial charge in [-0.1, -0.05) is 18.2 Å². The number of hydrogen-bond donors (Lipinski definition) is 1. The first kappa shape index (κ1) is 25.4. The van der Waals surface area contributed by atoms with E-state index in [0.29, 0.717) is 19.5 Å². The van der Waals surface area contributed by atoms with Crippen molar-refractivity contribution in [3.05, 3.63) is 76.7 Å². The monoisotopic (exact) mass is 521 g/mol. The number of carbonyl (C=O) groups is 1. The standard InChI is InChI=1S/C28H32FN5O2S/c1-20-4-3-5-21(2)26(20)31-27(35)33(13-12-32-14-16-36-17-15-32)11-10-24-19-37-28-30-25(18-34(24)28)22-6-8-23(29)9-7-22/h3-9,18-19H,10-17H2,1-2H3,(H,31,35). The second-order valence-electron chi connectivity index (χ2n) is 9.40. The van der Waals surface area contributed by atoms with Gasteiger partial charge in [0.2, 0.25) is 0 Å². The highest BCUT2D eigenvalue weighted by molar-refractivity contribution is 7.15. The lowest BCUT2D eigenvalue weighted by Crippen LogP contribution is -2.45. The average molecular weight is 522 g/mol. The number of urea groups is 1. The molecule has 5 rings (SSSR count). The molecule has 1 fully saturated rings. The van der Waals surface area contributed by atoms with Gasteiger partial charge < -0.3 is 15.0 Å². The number of imidazole rings is 1. The predicted octanol–water partition coefficient (Wildman–Crippen LogP) is 5.23. The number of para-hydroxylation sites is 1. The summed E-state index contributed by atoms with van der Waals surface area (Å²) in [5, 5.41) is 5.26. The molecule has 4 aromatic rings. The number of halogens is 1. The molecule has 1 N–H and O–H groups in total. The third kappa shape index (κ3) is 6.01. The molecular formula is C28H32FN5O2S. The molecule has 0 bridgehead atoms. The molecule has 194 valence electrons. The lowest BCUT2D eigenvalue weighted by atomic mass is 10.1. The predicted molar refractivity (Wildman–Crippen MR) is 146 cm³/mol. The van der Waals surface area contributed by atoms with E-state index in [9.17, 15) is 9.18 Å². The second kappa shape index (κ2) is 11.4. The van der Waals surface area contributed by atoms with Crippen LogP contribution in [0, 0.1) is 19.7 Å². The summed E-state index contributed by atoms with van der Waals surface area (Å²) in [5.41, 5.74) is 5.76. The molecule has 2 aromatic heterocycles. The first-order valence-corrected chi connectivity index (χ1v) is 13.5. The van der Waals surface area contributed by atoms with Crippen LogP contribution in [0.15, 0.2) is 54.0 Å². The molecule has 1 saturated heterocycles. The summed E-state index contributed by atoms with van der Waals surface area (Å²) < 4.78 is 20.9. The van der Waals surface area contributed by atoms with E-state index in [1.165, 1.54) is 12.1 Å². The number of carbonyl (C=O) groups excluding carboxylic acids is 1. The van der Waals surface area contributed by atoms with Crippen LogP contribution in [0.2, 0.25) is 0 Å². The Kier molecular flexibility index (Phi) is 7.83. The summed E-state index contributed by atoms with van der Waals surface area (Å²) in [6.07, 6.45) is 2.69. The fraction of sp³-hybridized carbons (Fsp3) is 0.357. The summed E-state index contributed by atoms with van der Waals surface area (Å²) in [5.74, 6) is -0.262. The van der Waals surface area contributed by atoms with E-state index >= 15 is 0 Å². The van der Waals surface area contributed by atoms with Gasteiger partial charge in [-0.25, -0.2) is 14.2 Å². The van der Waals surface area contributed by atoms with Crippen molar-refractivity contribution in [1.29, 1.82) is 0 Å². The molecule has 0 aliphatic carbocycles. The van der Waals surface area contributed by atoms with Crippen LogP contribution in [0.1, 0.15) is 16.8 Å². The second-order valence-corrected chi connectivity index (χ2v) is 10.2. The zero-order valence-corrected chi connectivity index (χ0v) is 22.1. The Morgan fingerprint density at radius 3 is 2.57 bits per heavy atom. The average Bonchev–Trinajstić information content (AvgIpc) is 3.49. The molecule has 7 nitrogen and oxygen atoms in total. The Morgan fingerprint density at radius 1 is 1.11 bits per heavy atom. The molecule has 0 unspecified atom stereocenters. The van der Waals surface area contributed by atoms with Crippen molar-refractivity contribution >= 4 is 28.0 Å². The number of ether oxygens (including phenoxy) is 1. The quantitative estimate of drug-likeness (QED) is 0.345. The normalized spacial score (nSPS) is 14.2. The van der Waals surface area contributed by atoms with Gasteiger partial charge in [-0.2, -0.15) is 0 Å². The summed E-state index contributed by atoms with van der Waals surface area (Å²) in [4.78, 5) is 23.3. The molecule has 0 saturated carbocycles. The highest BCUT2D eigenvalue weighted by Crippen LogP contribution is 2.25. The van der Waals surface area contributed by atoms with E-state index < -0.39 is 0 Å². The molecule has 37 heavy (non-hydrogen) atoms. The third-order valence-electron chi connectivity index (χ3n) is 6.85. The van der Waals surface area contributed by atoms with E-state index in [1.807, 2.05) is 43.1 Å². The first-order chi connectivity index (χ1) is 18.0. The minimum absolute atomic E-state index is 0.0882. The molecule has 0 radical (unpaired) electrons. The number of hydrogen-bond acceptors (Lipinski definition) is 5. The number of nitrogens with zero attached hydrogens (tertiary/aromatic N) is 4. The van der Waals surface area contributed by atoms with Crippen molar-refractivity contribution in [2.24, 2.45) is 0 Å². The maximum Gasteiger partial charge on any atom is 0.321 e. The number of aryl methyl sites for hydroxylation is 2. The Labute approximate surface area is 220 Å². The van der Waals surface area contributed by atoms with Gasteiger partial charge >= 0.3 is 6.03 Å². The summed E-state index contributed by atoms with van der Waals surface area (Å²) in [6.45, 7) is 9.30. The molecule has 0 spiro atoms. The number of benzene rings is 2. The molecule has 1 aliphatic heterocycles. The van der Waals surface area contributed by atoms with E-state index in [2.05, 4.69) is 20.0 Å². The van der Waals surface area contributed by atoms with Crippen molar-refractivity contribution in [2.75, 3.05) is 51.3 Å². The van der Waals surface area contributed by atoms with Crippen LogP contribution >= 0.6 is 11.3 Å². The van der Waals surface area contributed by atoms with E-state index in [-0.39, 0.29) is 11.8 Å². The van der Waals surface area contributed by atoms with Crippen molar-refractivity contribution < 1.29 is 13.9 Å². The summed E-state index contributed by atoms with van der Waals surface area (Å²) in [7, 11) is 0. The fourth-order valence-corrected chi connectivity index (χ4v) is 5.53. The number of anilines is 1. The minimum Gasteiger partial charge on any atom is -0.379 e. The van der Waals surface area contributed by atoms with Crippen LogP contribution in [-0.2, 0) is 11.2 Å². The summed E-state index contributed by atoms with van der Waals surface area (Å²) >= 11 is 1.57. The molecule has 1 aliphatic rings. The van der Waals surface area contributed by atoms with Crippen LogP contribution in [0.3, 0.4) is 0 Å². The number of thiazole rings is 1. The molecule has 9 heteroatoms. The first-order valence-electron chi connectivity index (χ1n) is 12.6. The minimum atomic E-state index is -0.262. The van der Waals surface area contributed by atoms with Crippen molar-refractivity contribution in [1.82, 2.24) is 19.2 Å². The van der Waals surface area contributed by atoms with E-state index in [4.69, 9.17) is 9.72 Å². The number of nitrogens with one attached hydrogen (secondary N) is 1. The largest absolute Gasteiger partial charge is 0.379 e. The Morgan fingerprint density at radius 2 is 1.84 bits per heavy atom. The molecular weight excluding hydrogens is 489 g/mol. The van der Waals surface area contributed by atoms with Gasteiger partial charge in [-0.15, -0.1) is 11.3 Å².